The molecular weight excluding hydrogens is 274 g/mol. The van der Waals surface area contributed by atoms with Crippen molar-refractivity contribution in [1.29, 1.82) is 0 Å². The average Bonchev–Trinajstić information content (AvgIpc) is 2.97. The fraction of sp³-hybridized carbons (Fsp3) is 0.214. The second kappa shape index (κ2) is 6.56. The van der Waals surface area contributed by atoms with Crippen LogP contribution in [-0.4, -0.2) is 45.5 Å². The smallest absolute Gasteiger partial charge is 0.328 e. The molecule has 3 N–H and O–H groups in total. The highest BCUT2D eigenvalue weighted by molar-refractivity contribution is 5.86. The van der Waals surface area contributed by atoms with E-state index in [1.165, 1.54) is 25.7 Å². The zero-order valence-corrected chi connectivity index (χ0v) is 11.4. The van der Waals surface area contributed by atoms with Gasteiger partial charge >= 0.3 is 5.97 Å². The average molecular weight is 289 g/mol. The Hall–Kier alpha value is -2.83. The van der Waals surface area contributed by atoms with Crippen molar-refractivity contribution in [3.63, 3.8) is 0 Å². The van der Waals surface area contributed by atoms with Crippen LogP contribution in [-0.2, 0) is 11.2 Å². The Morgan fingerprint density at radius 3 is 3.00 bits per heavy atom. The molecule has 21 heavy (non-hydrogen) atoms. The minimum Gasteiger partial charge on any atom is -0.507 e. The van der Waals surface area contributed by atoms with Crippen LogP contribution in [0.2, 0.25) is 0 Å². The Morgan fingerprint density at radius 2 is 2.38 bits per heavy atom. The number of carboxylic acids is 1. The summed E-state index contributed by atoms with van der Waals surface area (Å²) in [5.41, 5.74) is 1.07. The summed E-state index contributed by atoms with van der Waals surface area (Å²) in [4.78, 5) is 21.9. The van der Waals surface area contributed by atoms with Gasteiger partial charge in [0.2, 0.25) is 0 Å². The maximum Gasteiger partial charge on any atom is 0.328 e. The number of nitrogens with one attached hydrogen (secondary N) is 1. The van der Waals surface area contributed by atoms with Crippen LogP contribution >= 0.6 is 0 Å². The van der Waals surface area contributed by atoms with E-state index in [0.29, 0.717) is 17.0 Å². The molecule has 0 aliphatic carbocycles. The molecule has 1 aromatic carbocycles. The van der Waals surface area contributed by atoms with Gasteiger partial charge in [0.15, 0.2) is 6.04 Å². The summed E-state index contributed by atoms with van der Waals surface area (Å²) < 4.78 is 5.05. The molecule has 0 aliphatic heterocycles. The number of hydrogen-bond donors (Lipinski definition) is 3. The highest BCUT2D eigenvalue weighted by atomic mass is 16.5. The quantitative estimate of drug-likeness (QED) is 0.693. The minimum absolute atomic E-state index is 0.00484. The summed E-state index contributed by atoms with van der Waals surface area (Å²) >= 11 is 0. The number of aliphatic imine (C=N–C) groups is 1. The number of hydrogen-bond acceptors (Lipinski definition) is 5. The van der Waals surface area contributed by atoms with Crippen LogP contribution in [0, 0.1) is 0 Å². The van der Waals surface area contributed by atoms with Crippen LogP contribution in [0.25, 0.3) is 0 Å². The van der Waals surface area contributed by atoms with Crippen molar-refractivity contribution in [3.05, 3.63) is 42.0 Å². The van der Waals surface area contributed by atoms with Crippen LogP contribution in [0.4, 0.5) is 0 Å². The number of phenols is 1. The fourth-order valence-electron chi connectivity index (χ4n) is 1.74. The number of H-pyrrole nitrogens is 1. The van der Waals surface area contributed by atoms with Gasteiger partial charge < -0.3 is 19.9 Å². The van der Waals surface area contributed by atoms with Gasteiger partial charge in [-0.15, -0.1) is 0 Å². The molecule has 0 saturated heterocycles. The highest BCUT2D eigenvalue weighted by Crippen LogP contribution is 2.21. The van der Waals surface area contributed by atoms with Gasteiger partial charge in [0.1, 0.15) is 11.5 Å². The monoisotopic (exact) mass is 289 g/mol. The Morgan fingerprint density at radius 1 is 1.57 bits per heavy atom. The Balaban J connectivity index is 2.18. The lowest BCUT2D eigenvalue weighted by molar-refractivity contribution is -0.138. The lowest BCUT2D eigenvalue weighted by Gasteiger charge is -2.07. The maximum atomic E-state index is 11.2. The van der Waals surface area contributed by atoms with E-state index in [1.807, 2.05) is 0 Å². The summed E-state index contributed by atoms with van der Waals surface area (Å²) in [7, 11) is 1.51. The summed E-state index contributed by atoms with van der Waals surface area (Å²) in [5.74, 6) is -0.497. The number of aromatic nitrogens is 2. The van der Waals surface area contributed by atoms with Crippen LogP contribution in [0.3, 0.4) is 0 Å². The number of aromatic amines is 1. The molecule has 0 amide bonds. The van der Waals surface area contributed by atoms with Crippen molar-refractivity contribution in [3.8, 4) is 11.5 Å². The van der Waals surface area contributed by atoms with Crippen LogP contribution < -0.4 is 4.74 Å². The maximum absolute atomic E-state index is 11.2. The number of carbonyl (C=O) groups is 1. The van der Waals surface area contributed by atoms with E-state index in [2.05, 4.69) is 15.0 Å². The van der Waals surface area contributed by atoms with Gasteiger partial charge in [-0.2, -0.15) is 0 Å². The normalized spacial score (nSPS) is 12.4. The zero-order valence-electron chi connectivity index (χ0n) is 11.4. The molecule has 2 aromatic rings. The molecule has 7 nitrogen and oxygen atoms in total. The molecule has 0 fully saturated rings. The first-order valence-electron chi connectivity index (χ1n) is 6.20. The van der Waals surface area contributed by atoms with Crippen LogP contribution in [0.5, 0.6) is 11.5 Å². The lowest BCUT2D eigenvalue weighted by atomic mass is 10.1. The number of ether oxygens (including phenoxy) is 1. The second-order valence-corrected chi connectivity index (χ2v) is 4.34. The molecule has 2 rings (SSSR count). The van der Waals surface area contributed by atoms with Crippen molar-refractivity contribution in [1.82, 2.24) is 9.97 Å². The zero-order chi connectivity index (χ0) is 15.2. The van der Waals surface area contributed by atoms with E-state index in [-0.39, 0.29) is 12.2 Å². The van der Waals surface area contributed by atoms with Crippen molar-refractivity contribution in [2.75, 3.05) is 7.11 Å². The van der Waals surface area contributed by atoms with E-state index < -0.39 is 12.0 Å². The van der Waals surface area contributed by atoms with Crippen molar-refractivity contribution < 1.29 is 19.7 Å². The predicted octanol–water partition coefficient (Wildman–Crippen LogP) is 1.24. The highest BCUT2D eigenvalue weighted by Gasteiger charge is 2.17. The molecule has 0 unspecified atom stereocenters. The number of rotatable bonds is 6. The third-order valence-corrected chi connectivity index (χ3v) is 2.88. The summed E-state index contributed by atoms with van der Waals surface area (Å²) in [6.07, 6.45) is 4.55. The Bertz CT molecular complexity index is 638. The van der Waals surface area contributed by atoms with Gasteiger partial charge in [-0.05, 0) is 18.2 Å². The molecule has 0 aliphatic rings. The Kier molecular flexibility index (Phi) is 4.55. The van der Waals surface area contributed by atoms with Crippen molar-refractivity contribution >= 4 is 12.2 Å². The van der Waals surface area contributed by atoms with Crippen LogP contribution in [0.15, 0.2) is 35.7 Å². The summed E-state index contributed by atoms with van der Waals surface area (Å²) in [6.45, 7) is 0. The molecular formula is C14H15N3O4. The number of phenolic OH excluding ortho intramolecular Hbond substituents is 1. The molecule has 0 radical (unpaired) electrons. The second-order valence-electron chi connectivity index (χ2n) is 4.34. The van der Waals surface area contributed by atoms with Crippen molar-refractivity contribution in [2.45, 2.75) is 12.5 Å². The first kappa shape index (κ1) is 14.6. The molecule has 1 heterocycles. The molecule has 0 spiro atoms. The number of methoxy groups -OCH3 is 1. The van der Waals surface area contributed by atoms with E-state index in [0.717, 1.165) is 0 Å². The number of benzene rings is 1. The van der Waals surface area contributed by atoms with Gasteiger partial charge in [0.05, 0.1) is 13.4 Å². The van der Waals surface area contributed by atoms with E-state index in [4.69, 9.17) is 4.74 Å². The van der Waals surface area contributed by atoms with Gasteiger partial charge in [-0.3, -0.25) is 4.99 Å². The first-order chi connectivity index (χ1) is 10.1. The lowest BCUT2D eigenvalue weighted by Crippen LogP contribution is -2.21. The topological polar surface area (TPSA) is 108 Å². The SMILES string of the molecule is COc1ccc(O)c(C=N[C@@H](Cc2cnc[nH]2)C(=O)O)c1. The van der Waals surface area contributed by atoms with Gasteiger partial charge in [-0.1, -0.05) is 0 Å². The molecule has 1 atom stereocenters. The molecule has 1 aromatic heterocycles. The van der Waals surface area contributed by atoms with E-state index >= 15 is 0 Å². The third kappa shape index (κ3) is 3.82. The summed E-state index contributed by atoms with van der Waals surface area (Å²) in [6, 6.07) is 3.68. The predicted molar refractivity (Wildman–Crippen MR) is 76.0 cm³/mol. The minimum atomic E-state index is -1.05. The number of nitrogens with zero attached hydrogens (tertiary/aromatic N) is 2. The first-order valence-corrected chi connectivity index (χ1v) is 6.20. The molecule has 110 valence electrons. The van der Waals surface area contributed by atoms with Gasteiger partial charge in [0, 0.05) is 30.1 Å². The number of imidazole rings is 1. The number of aromatic hydroxyl groups is 1. The standard InChI is InChI=1S/C14H15N3O4/c1-21-11-2-3-13(18)9(4-11)6-16-12(14(19)20)5-10-7-15-8-17-10/h2-4,6-8,12,18H,5H2,1H3,(H,15,17)(H,19,20)/t12-/m0/s1. The van der Waals surface area contributed by atoms with Gasteiger partial charge in [0.25, 0.3) is 0 Å². The largest absolute Gasteiger partial charge is 0.507 e. The van der Waals surface area contributed by atoms with Crippen molar-refractivity contribution in [2.24, 2.45) is 4.99 Å². The third-order valence-electron chi connectivity index (χ3n) is 2.88. The molecule has 7 heteroatoms. The molecule has 0 saturated carbocycles. The van der Waals surface area contributed by atoms with Crippen LogP contribution in [0.1, 0.15) is 11.3 Å². The number of carboxylic acid groups (broad SMARTS) is 1. The van der Waals surface area contributed by atoms with E-state index in [9.17, 15) is 15.0 Å². The molecule has 0 bridgehead atoms. The van der Waals surface area contributed by atoms with Gasteiger partial charge in [-0.25, -0.2) is 9.78 Å². The number of aliphatic carboxylic acids is 1. The summed E-state index contributed by atoms with van der Waals surface area (Å²) in [5, 5.41) is 18.9. The Labute approximate surface area is 121 Å². The van der Waals surface area contributed by atoms with E-state index in [1.54, 1.807) is 18.3 Å². The fourth-order valence-corrected chi connectivity index (χ4v) is 1.74.